The van der Waals surface area contributed by atoms with Gasteiger partial charge in [0.2, 0.25) is 10.0 Å². The number of aliphatic hydroxyl groups is 1. The standard InChI is InChI=1S/C15H19FN2O4S/c1-11(10-19)18-23(20,21)15-9-12(16)4-5-14(15)17-7-6-13-3-2-8-22-13/h2-5,8-9,11,17-19H,6-7,10H2,1H3/t11-/m0/s1. The van der Waals surface area contributed by atoms with Crippen molar-refractivity contribution in [2.45, 2.75) is 24.3 Å². The molecule has 0 aliphatic carbocycles. The van der Waals surface area contributed by atoms with Crippen molar-refractivity contribution in [3.05, 3.63) is 48.2 Å². The van der Waals surface area contributed by atoms with Crippen molar-refractivity contribution in [1.29, 1.82) is 0 Å². The van der Waals surface area contributed by atoms with Crippen molar-refractivity contribution in [3.63, 3.8) is 0 Å². The molecule has 23 heavy (non-hydrogen) atoms. The second-order valence-electron chi connectivity index (χ2n) is 5.10. The van der Waals surface area contributed by atoms with Crippen molar-refractivity contribution in [3.8, 4) is 0 Å². The molecule has 1 aromatic carbocycles. The first-order valence-corrected chi connectivity index (χ1v) is 8.59. The van der Waals surface area contributed by atoms with Crippen LogP contribution in [0, 0.1) is 5.82 Å². The largest absolute Gasteiger partial charge is 0.469 e. The number of sulfonamides is 1. The van der Waals surface area contributed by atoms with E-state index in [1.807, 2.05) is 6.07 Å². The first-order chi connectivity index (χ1) is 10.9. The Labute approximate surface area is 134 Å². The first kappa shape index (κ1) is 17.5. The molecule has 0 aliphatic rings. The molecule has 3 N–H and O–H groups in total. The maximum Gasteiger partial charge on any atom is 0.243 e. The molecule has 126 valence electrons. The first-order valence-electron chi connectivity index (χ1n) is 7.11. The number of hydrogen-bond donors (Lipinski definition) is 3. The number of benzene rings is 1. The zero-order valence-electron chi connectivity index (χ0n) is 12.6. The third-order valence-electron chi connectivity index (χ3n) is 3.13. The quantitative estimate of drug-likeness (QED) is 0.680. The summed E-state index contributed by atoms with van der Waals surface area (Å²) < 4.78 is 45.6. The van der Waals surface area contributed by atoms with Crippen LogP contribution in [0.2, 0.25) is 0 Å². The van der Waals surface area contributed by atoms with E-state index in [2.05, 4.69) is 10.0 Å². The van der Waals surface area contributed by atoms with Gasteiger partial charge in [0, 0.05) is 19.0 Å². The SMILES string of the molecule is C[C@@H](CO)NS(=O)(=O)c1cc(F)ccc1NCCc1ccco1. The molecule has 8 heteroatoms. The smallest absolute Gasteiger partial charge is 0.243 e. The Morgan fingerprint density at radius 1 is 1.35 bits per heavy atom. The van der Waals surface area contributed by atoms with E-state index >= 15 is 0 Å². The second-order valence-corrected chi connectivity index (χ2v) is 6.78. The summed E-state index contributed by atoms with van der Waals surface area (Å²) in [7, 11) is -3.94. The number of hydrogen-bond acceptors (Lipinski definition) is 5. The zero-order chi connectivity index (χ0) is 16.9. The van der Waals surface area contributed by atoms with Gasteiger partial charge in [0.1, 0.15) is 16.5 Å². The minimum absolute atomic E-state index is 0.197. The molecular formula is C15H19FN2O4S. The highest BCUT2D eigenvalue weighted by atomic mass is 32.2. The summed E-state index contributed by atoms with van der Waals surface area (Å²) in [6.07, 6.45) is 2.12. The molecule has 0 radical (unpaired) electrons. The third-order valence-corrected chi connectivity index (χ3v) is 4.76. The van der Waals surface area contributed by atoms with Crippen LogP contribution in [0.4, 0.5) is 10.1 Å². The molecule has 0 spiro atoms. The number of anilines is 1. The predicted molar refractivity (Wildman–Crippen MR) is 84.2 cm³/mol. The third kappa shape index (κ3) is 4.78. The number of nitrogens with one attached hydrogen (secondary N) is 2. The number of rotatable bonds is 8. The van der Waals surface area contributed by atoms with E-state index < -0.39 is 21.9 Å². The topological polar surface area (TPSA) is 91.6 Å². The Kier molecular flexibility index (Phi) is 5.75. The summed E-state index contributed by atoms with van der Waals surface area (Å²) in [6, 6.07) is 6.41. The minimum Gasteiger partial charge on any atom is -0.469 e. The minimum atomic E-state index is -3.94. The highest BCUT2D eigenvalue weighted by Crippen LogP contribution is 2.22. The average Bonchev–Trinajstić information content (AvgIpc) is 3.01. The van der Waals surface area contributed by atoms with Gasteiger partial charge >= 0.3 is 0 Å². The Morgan fingerprint density at radius 3 is 2.78 bits per heavy atom. The molecule has 1 heterocycles. The second kappa shape index (κ2) is 7.58. The summed E-state index contributed by atoms with van der Waals surface area (Å²) in [5.41, 5.74) is 0.288. The van der Waals surface area contributed by atoms with Gasteiger partial charge in [-0.05, 0) is 37.3 Å². The summed E-state index contributed by atoms with van der Waals surface area (Å²) in [5, 5.41) is 12.0. The van der Waals surface area contributed by atoms with Crippen LogP contribution in [-0.2, 0) is 16.4 Å². The van der Waals surface area contributed by atoms with Crippen LogP contribution in [0.25, 0.3) is 0 Å². The normalized spacial score (nSPS) is 13.0. The maximum atomic E-state index is 13.5. The number of halogens is 1. The van der Waals surface area contributed by atoms with Gasteiger partial charge in [-0.15, -0.1) is 0 Å². The molecule has 6 nitrogen and oxygen atoms in total. The Hall–Kier alpha value is -1.90. The van der Waals surface area contributed by atoms with Crippen LogP contribution in [0.1, 0.15) is 12.7 Å². The Morgan fingerprint density at radius 2 is 2.13 bits per heavy atom. The fourth-order valence-corrected chi connectivity index (χ4v) is 3.43. The van der Waals surface area contributed by atoms with Gasteiger partial charge in [-0.3, -0.25) is 0 Å². The van der Waals surface area contributed by atoms with Gasteiger partial charge in [-0.1, -0.05) is 0 Å². The fraction of sp³-hybridized carbons (Fsp3) is 0.333. The van der Waals surface area contributed by atoms with Crippen LogP contribution in [-0.4, -0.2) is 32.7 Å². The van der Waals surface area contributed by atoms with E-state index in [9.17, 15) is 12.8 Å². The summed E-state index contributed by atoms with van der Waals surface area (Å²) in [4.78, 5) is -0.197. The van der Waals surface area contributed by atoms with Crippen molar-refractivity contribution in [1.82, 2.24) is 4.72 Å². The van der Waals surface area contributed by atoms with Gasteiger partial charge in [0.15, 0.2) is 0 Å². The van der Waals surface area contributed by atoms with Crippen molar-refractivity contribution < 1.29 is 22.3 Å². The van der Waals surface area contributed by atoms with E-state index in [1.165, 1.54) is 19.1 Å². The fourth-order valence-electron chi connectivity index (χ4n) is 2.01. The molecule has 1 aromatic heterocycles. The zero-order valence-corrected chi connectivity index (χ0v) is 13.4. The molecule has 0 bridgehead atoms. The van der Waals surface area contributed by atoms with Gasteiger partial charge in [0.25, 0.3) is 0 Å². The highest BCUT2D eigenvalue weighted by molar-refractivity contribution is 7.89. The Balaban J connectivity index is 2.16. The van der Waals surface area contributed by atoms with Crippen LogP contribution in [0.5, 0.6) is 0 Å². The van der Waals surface area contributed by atoms with Gasteiger partial charge in [0.05, 0.1) is 18.6 Å². The molecule has 2 rings (SSSR count). The molecule has 0 saturated carbocycles. The summed E-state index contributed by atoms with van der Waals surface area (Å²) in [6.45, 7) is 1.59. The van der Waals surface area contributed by atoms with E-state index in [0.717, 1.165) is 11.8 Å². The molecule has 0 fully saturated rings. The maximum absolute atomic E-state index is 13.5. The lowest BCUT2D eigenvalue weighted by molar-refractivity contribution is 0.265. The van der Waals surface area contributed by atoms with Crippen LogP contribution < -0.4 is 10.0 Å². The Bertz CT molecular complexity index is 732. The van der Waals surface area contributed by atoms with Crippen molar-refractivity contribution >= 4 is 15.7 Å². The monoisotopic (exact) mass is 342 g/mol. The average molecular weight is 342 g/mol. The molecule has 0 unspecified atom stereocenters. The molecule has 2 aromatic rings. The van der Waals surface area contributed by atoms with Gasteiger partial charge in [-0.2, -0.15) is 0 Å². The summed E-state index contributed by atoms with van der Waals surface area (Å²) in [5.74, 6) is 0.106. The van der Waals surface area contributed by atoms with E-state index in [0.29, 0.717) is 13.0 Å². The number of furan rings is 1. The van der Waals surface area contributed by atoms with Gasteiger partial charge < -0.3 is 14.8 Å². The molecular weight excluding hydrogens is 323 g/mol. The lowest BCUT2D eigenvalue weighted by Crippen LogP contribution is -2.35. The molecule has 0 aliphatic heterocycles. The van der Waals surface area contributed by atoms with Gasteiger partial charge in [-0.25, -0.2) is 17.5 Å². The number of aliphatic hydroxyl groups excluding tert-OH is 1. The summed E-state index contributed by atoms with van der Waals surface area (Å²) >= 11 is 0. The van der Waals surface area contributed by atoms with E-state index in [1.54, 1.807) is 12.3 Å². The van der Waals surface area contributed by atoms with Crippen molar-refractivity contribution in [2.24, 2.45) is 0 Å². The van der Waals surface area contributed by atoms with E-state index in [-0.39, 0.29) is 17.2 Å². The van der Waals surface area contributed by atoms with Crippen molar-refractivity contribution in [2.75, 3.05) is 18.5 Å². The molecule has 0 amide bonds. The predicted octanol–water partition coefficient (Wildman–Crippen LogP) is 1.73. The lowest BCUT2D eigenvalue weighted by atomic mass is 10.3. The molecule has 1 atom stereocenters. The molecule has 0 saturated heterocycles. The van der Waals surface area contributed by atoms with Crippen LogP contribution >= 0.6 is 0 Å². The van der Waals surface area contributed by atoms with Crippen LogP contribution in [0.3, 0.4) is 0 Å². The van der Waals surface area contributed by atoms with Crippen LogP contribution in [0.15, 0.2) is 45.9 Å². The van der Waals surface area contributed by atoms with E-state index in [4.69, 9.17) is 9.52 Å². The lowest BCUT2D eigenvalue weighted by Gasteiger charge is -2.15. The highest BCUT2D eigenvalue weighted by Gasteiger charge is 2.21.